The lowest BCUT2D eigenvalue weighted by molar-refractivity contribution is 0.147. The molecule has 2 aromatic rings. The number of ether oxygens (including phenoxy) is 1. The molecule has 0 aliphatic carbocycles. The van der Waals surface area contributed by atoms with Crippen LogP contribution in [-0.2, 0) is 4.74 Å². The Hall–Kier alpha value is -1.52. The molecule has 4 nitrogen and oxygen atoms in total. The maximum atomic E-state index is 6.21. The molecule has 0 fully saturated rings. The van der Waals surface area contributed by atoms with Gasteiger partial charge in [-0.15, -0.1) is 0 Å². The summed E-state index contributed by atoms with van der Waals surface area (Å²) in [6, 6.07) is 6.03. The van der Waals surface area contributed by atoms with Crippen molar-refractivity contribution in [3.05, 3.63) is 40.7 Å². The highest BCUT2D eigenvalue weighted by Gasteiger charge is 2.08. The number of imidazole rings is 1. The van der Waals surface area contributed by atoms with Crippen LogP contribution in [0.1, 0.15) is 24.6 Å². The van der Waals surface area contributed by atoms with Gasteiger partial charge in [-0.1, -0.05) is 17.7 Å². The first-order chi connectivity index (χ1) is 10.1. The standard InChI is InChI=1S/C16H22ClN3O/c1-4-21-9-5-8-18-16-19-13(3)11-20(16)14-7-6-12(2)15(17)10-14/h6-7,10-11H,4-5,8-9H2,1-3H3,(H,18,19). The van der Waals surface area contributed by atoms with Gasteiger partial charge in [-0.2, -0.15) is 0 Å². The number of benzene rings is 1. The van der Waals surface area contributed by atoms with Gasteiger partial charge < -0.3 is 10.1 Å². The van der Waals surface area contributed by atoms with Gasteiger partial charge in [0.25, 0.3) is 0 Å². The summed E-state index contributed by atoms with van der Waals surface area (Å²) in [5.74, 6) is 0.837. The number of hydrogen-bond acceptors (Lipinski definition) is 3. The van der Waals surface area contributed by atoms with Crippen LogP contribution in [0.3, 0.4) is 0 Å². The van der Waals surface area contributed by atoms with E-state index >= 15 is 0 Å². The molecule has 0 saturated heterocycles. The van der Waals surface area contributed by atoms with E-state index in [4.69, 9.17) is 16.3 Å². The first-order valence-electron chi connectivity index (χ1n) is 7.26. The Bertz CT molecular complexity index is 595. The van der Waals surface area contributed by atoms with E-state index in [-0.39, 0.29) is 0 Å². The highest BCUT2D eigenvalue weighted by atomic mass is 35.5. The highest BCUT2D eigenvalue weighted by Crippen LogP contribution is 2.22. The minimum Gasteiger partial charge on any atom is -0.382 e. The molecule has 5 heteroatoms. The van der Waals surface area contributed by atoms with Crippen molar-refractivity contribution in [1.82, 2.24) is 9.55 Å². The van der Waals surface area contributed by atoms with Crippen LogP contribution in [0.25, 0.3) is 5.69 Å². The number of nitrogens with zero attached hydrogens (tertiary/aromatic N) is 2. The van der Waals surface area contributed by atoms with Crippen LogP contribution >= 0.6 is 11.6 Å². The van der Waals surface area contributed by atoms with Crippen molar-refractivity contribution in [3.63, 3.8) is 0 Å². The number of nitrogens with one attached hydrogen (secondary N) is 1. The third-order valence-electron chi connectivity index (χ3n) is 3.21. The van der Waals surface area contributed by atoms with E-state index in [0.717, 1.165) is 54.1 Å². The quantitative estimate of drug-likeness (QED) is 0.786. The molecule has 0 saturated carbocycles. The lowest BCUT2D eigenvalue weighted by Crippen LogP contribution is -2.10. The van der Waals surface area contributed by atoms with E-state index in [1.165, 1.54) is 0 Å². The van der Waals surface area contributed by atoms with Crippen molar-refractivity contribution < 1.29 is 4.74 Å². The molecule has 114 valence electrons. The maximum Gasteiger partial charge on any atom is 0.207 e. The molecule has 0 amide bonds. The molecule has 1 heterocycles. The minimum absolute atomic E-state index is 0.760. The third-order valence-corrected chi connectivity index (χ3v) is 3.62. The molecular formula is C16H22ClN3O. The Morgan fingerprint density at radius 2 is 2.14 bits per heavy atom. The zero-order chi connectivity index (χ0) is 15.2. The summed E-state index contributed by atoms with van der Waals surface area (Å²) in [6.07, 6.45) is 2.96. The van der Waals surface area contributed by atoms with Crippen LogP contribution in [0.5, 0.6) is 0 Å². The Kier molecular flexibility index (Phi) is 5.65. The second kappa shape index (κ2) is 7.48. The Labute approximate surface area is 131 Å². The lowest BCUT2D eigenvalue weighted by Gasteiger charge is -2.11. The second-order valence-electron chi connectivity index (χ2n) is 4.99. The van der Waals surface area contributed by atoms with Crippen molar-refractivity contribution >= 4 is 17.5 Å². The van der Waals surface area contributed by atoms with E-state index in [0.29, 0.717) is 0 Å². The van der Waals surface area contributed by atoms with Crippen LogP contribution in [0.2, 0.25) is 5.02 Å². The van der Waals surface area contributed by atoms with Crippen LogP contribution in [-0.4, -0.2) is 29.3 Å². The number of rotatable bonds is 7. The van der Waals surface area contributed by atoms with Crippen molar-refractivity contribution in [3.8, 4) is 5.69 Å². The average molecular weight is 308 g/mol. The zero-order valence-corrected chi connectivity index (χ0v) is 13.6. The molecule has 1 aromatic carbocycles. The molecule has 0 unspecified atom stereocenters. The molecule has 2 rings (SSSR count). The van der Waals surface area contributed by atoms with Gasteiger partial charge in [-0.3, -0.25) is 4.57 Å². The molecule has 0 aliphatic rings. The van der Waals surface area contributed by atoms with Crippen LogP contribution in [0.15, 0.2) is 24.4 Å². The van der Waals surface area contributed by atoms with E-state index in [1.54, 1.807) is 0 Å². The number of hydrogen-bond donors (Lipinski definition) is 1. The van der Waals surface area contributed by atoms with Crippen molar-refractivity contribution in [2.24, 2.45) is 0 Å². The van der Waals surface area contributed by atoms with Gasteiger partial charge in [0.2, 0.25) is 5.95 Å². The van der Waals surface area contributed by atoms with Crippen LogP contribution in [0, 0.1) is 13.8 Å². The van der Waals surface area contributed by atoms with Gasteiger partial charge >= 0.3 is 0 Å². The number of halogens is 1. The molecule has 0 spiro atoms. The van der Waals surface area contributed by atoms with Gasteiger partial charge in [-0.05, 0) is 44.9 Å². The van der Waals surface area contributed by atoms with Crippen molar-refractivity contribution in [1.29, 1.82) is 0 Å². The summed E-state index contributed by atoms with van der Waals surface area (Å²) < 4.78 is 7.36. The summed E-state index contributed by atoms with van der Waals surface area (Å²) in [5.41, 5.74) is 3.06. The molecule has 0 atom stereocenters. The summed E-state index contributed by atoms with van der Waals surface area (Å²) in [5, 5.41) is 4.12. The van der Waals surface area contributed by atoms with Crippen molar-refractivity contribution in [2.75, 3.05) is 25.1 Å². The minimum atomic E-state index is 0.760. The van der Waals surface area contributed by atoms with E-state index in [1.807, 2.05) is 49.7 Å². The van der Waals surface area contributed by atoms with E-state index < -0.39 is 0 Å². The average Bonchev–Trinajstić information content (AvgIpc) is 2.83. The van der Waals surface area contributed by atoms with Gasteiger partial charge in [0.05, 0.1) is 5.69 Å². The molecular weight excluding hydrogens is 286 g/mol. The number of aromatic nitrogens is 2. The summed E-state index contributed by atoms with van der Waals surface area (Å²) >= 11 is 6.21. The summed E-state index contributed by atoms with van der Waals surface area (Å²) in [6.45, 7) is 8.34. The van der Waals surface area contributed by atoms with Gasteiger partial charge in [-0.25, -0.2) is 4.98 Å². The van der Waals surface area contributed by atoms with Crippen LogP contribution in [0.4, 0.5) is 5.95 Å². The maximum absolute atomic E-state index is 6.21. The first-order valence-corrected chi connectivity index (χ1v) is 7.63. The summed E-state index contributed by atoms with van der Waals surface area (Å²) in [4.78, 5) is 4.52. The third kappa shape index (κ3) is 4.22. The molecule has 0 bridgehead atoms. The predicted molar refractivity (Wildman–Crippen MR) is 87.6 cm³/mol. The molecule has 0 radical (unpaired) electrons. The Morgan fingerprint density at radius 3 is 2.86 bits per heavy atom. The topological polar surface area (TPSA) is 39.1 Å². The van der Waals surface area contributed by atoms with Gasteiger partial charge in [0.15, 0.2) is 0 Å². The number of aryl methyl sites for hydroxylation is 2. The fourth-order valence-electron chi connectivity index (χ4n) is 2.07. The van der Waals surface area contributed by atoms with E-state index in [2.05, 4.69) is 10.3 Å². The highest BCUT2D eigenvalue weighted by molar-refractivity contribution is 6.31. The summed E-state index contributed by atoms with van der Waals surface area (Å²) in [7, 11) is 0. The second-order valence-corrected chi connectivity index (χ2v) is 5.39. The Morgan fingerprint density at radius 1 is 1.33 bits per heavy atom. The first kappa shape index (κ1) is 15.9. The zero-order valence-electron chi connectivity index (χ0n) is 12.8. The smallest absolute Gasteiger partial charge is 0.207 e. The SMILES string of the molecule is CCOCCCNc1nc(C)cn1-c1ccc(C)c(Cl)c1. The fourth-order valence-corrected chi connectivity index (χ4v) is 2.24. The van der Waals surface area contributed by atoms with Gasteiger partial charge in [0.1, 0.15) is 0 Å². The predicted octanol–water partition coefficient (Wildman–Crippen LogP) is 3.98. The van der Waals surface area contributed by atoms with Crippen LogP contribution < -0.4 is 5.32 Å². The monoisotopic (exact) mass is 307 g/mol. The fraction of sp³-hybridized carbons (Fsp3) is 0.438. The van der Waals surface area contributed by atoms with Gasteiger partial charge in [0, 0.05) is 36.7 Å². The lowest BCUT2D eigenvalue weighted by atomic mass is 10.2. The number of anilines is 1. The van der Waals surface area contributed by atoms with Crippen molar-refractivity contribution in [2.45, 2.75) is 27.2 Å². The largest absolute Gasteiger partial charge is 0.382 e. The molecule has 21 heavy (non-hydrogen) atoms. The molecule has 1 aromatic heterocycles. The molecule has 0 aliphatic heterocycles. The Balaban J connectivity index is 2.10. The van der Waals surface area contributed by atoms with E-state index in [9.17, 15) is 0 Å². The normalized spacial score (nSPS) is 10.9. The molecule has 1 N–H and O–H groups in total.